The molecule has 0 saturated heterocycles. The molecule has 0 amide bonds. The topological polar surface area (TPSA) is 46.9 Å². The predicted molar refractivity (Wildman–Crippen MR) is 57.1 cm³/mol. The van der Waals surface area contributed by atoms with Gasteiger partial charge >= 0.3 is 5.69 Å². The molecule has 0 aliphatic carbocycles. The van der Waals surface area contributed by atoms with Crippen molar-refractivity contribution in [1.29, 1.82) is 0 Å². The molecule has 1 rings (SSSR count). The van der Waals surface area contributed by atoms with Crippen molar-refractivity contribution < 1.29 is 0 Å². The van der Waals surface area contributed by atoms with Gasteiger partial charge in [0.05, 0.1) is 0 Å². The van der Waals surface area contributed by atoms with E-state index in [0.717, 1.165) is 5.70 Å². The van der Waals surface area contributed by atoms with Crippen LogP contribution >= 0.6 is 0 Å². The molecule has 1 aromatic heterocycles. The Balaban J connectivity index is 2.84. The Morgan fingerprint density at radius 1 is 1.64 bits per heavy atom. The smallest absolute Gasteiger partial charge is 0.344 e. The number of nitrogens with zero attached hydrogens (tertiary/aromatic N) is 2. The van der Waals surface area contributed by atoms with E-state index in [9.17, 15) is 4.79 Å². The van der Waals surface area contributed by atoms with Gasteiger partial charge in [0.2, 0.25) is 0 Å². The lowest BCUT2D eigenvalue weighted by Crippen LogP contribution is -2.20. The van der Waals surface area contributed by atoms with Crippen LogP contribution in [0.15, 0.2) is 29.3 Å². The van der Waals surface area contributed by atoms with Crippen LogP contribution < -0.4 is 11.0 Å². The average molecular weight is 193 g/mol. The van der Waals surface area contributed by atoms with Gasteiger partial charge < -0.3 is 9.88 Å². The Bertz CT molecular complexity index is 393. The van der Waals surface area contributed by atoms with Crippen LogP contribution in [0.4, 0.5) is 5.82 Å². The second kappa shape index (κ2) is 4.09. The van der Waals surface area contributed by atoms with Crippen LogP contribution in [0.5, 0.6) is 0 Å². The largest absolute Gasteiger partial charge is 0.349 e. The highest BCUT2D eigenvalue weighted by Gasteiger charge is 2.02. The van der Waals surface area contributed by atoms with Crippen molar-refractivity contribution in [3.05, 3.63) is 35.0 Å². The molecule has 0 atom stereocenters. The van der Waals surface area contributed by atoms with Crippen LogP contribution in [0, 0.1) is 5.92 Å². The van der Waals surface area contributed by atoms with Crippen LogP contribution in [-0.4, -0.2) is 9.55 Å². The van der Waals surface area contributed by atoms with E-state index >= 15 is 0 Å². The molecule has 0 fully saturated rings. The summed E-state index contributed by atoms with van der Waals surface area (Å²) in [6.45, 7) is 7.89. The summed E-state index contributed by atoms with van der Waals surface area (Å²) in [6.07, 6.45) is 1.67. The summed E-state index contributed by atoms with van der Waals surface area (Å²) in [5, 5.41) is 2.99. The summed E-state index contributed by atoms with van der Waals surface area (Å²) in [6, 6.07) is 1.74. The highest BCUT2D eigenvalue weighted by molar-refractivity contribution is 5.39. The molecule has 0 aliphatic heterocycles. The number of hydrogen-bond donors (Lipinski definition) is 1. The molecule has 4 heteroatoms. The molecule has 0 radical (unpaired) electrons. The van der Waals surface area contributed by atoms with Crippen molar-refractivity contribution in [2.45, 2.75) is 13.8 Å². The minimum atomic E-state index is -0.272. The second-order valence-corrected chi connectivity index (χ2v) is 3.51. The standard InChI is InChI=1S/C10H15N3O/c1-7(2)8(3)11-9-5-6-13(4)10(14)12-9/h5-7H,3H2,1-2,4H3,(H,11,12,14). The van der Waals surface area contributed by atoms with Crippen LogP contribution in [0.2, 0.25) is 0 Å². The normalized spacial score (nSPS) is 10.3. The van der Waals surface area contributed by atoms with Crippen LogP contribution in [0.1, 0.15) is 13.8 Å². The summed E-state index contributed by atoms with van der Waals surface area (Å²) >= 11 is 0. The molecule has 1 heterocycles. The Morgan fingerprint density at radius 2 is 2.29 bits per heavy atom. The number of allylic oxidation sites excluding steroid dienone is 1. The Morgan fingerprint density at radius 3 is 2.79 bits per heavy atom. The van der Waals surface area contributed by atoms with Crippen molar-refractivity contribution in [1.82, 2.24) is 9.55 Å². The third-order valence-corrected chi connectivity index (χ3v) is 1.96. The van der Waals surface area contributed by atoms with Crippen molar-refractivity contribution >= 4 is 5.82 Å². The summed E-state index contributed by atoms with van der Waals surface area (Å²) in [5.74, 6) is 0.868. The number of aromatic nitrogens is 2. The van der Waals surface area contributed by atoms with Crippen LogP contribution in [-0.2, 0) is 7.05 Å². The number of aryl methyl sites for hydroxylation is 1. The molecule has 76 valence electrons. The molecule has 0 saturated carbocycles. The van der Waals surface area contributed by atoms with E-state index in [0.29, 0.717) is 11.7 Å². The van der Waals surface area contributed by atoms with Gasteiger partial charge in [-0.15, -0.1) is 0 Å². The number of nitrogens with one attached hydrogen (secondary N) is 1. The predicted octanol–water partition coefficient (Wildman–Crippen LogP) is 1.36. The molecule has 1 N–H and O–H groups in total. The lowest BCUT2D eigenvalue weighted by molar-refractivity contribution is 0.770. The maximum atomic E-state index is 11.2. The van der Waals surface area contributed by atoms with Gasteiger partial charge in [-0.2, -0.15) is 4.98 Å². The maximum Gasteiger partial charge on any atom is 0.349 e. The molecule has 1 aromatic rings. The fourth-order valence-corrected chi connectivity index (χ4v) is 0.844. The molecular formula is C10H15N3O. The summed E-state index contributed by atoms with van der Waals surface area (Å²) in [4.78, 5) is 15.0. The number of rotatable bonds is 3. The van der Waals surface area contributed by atoms with Crippen LogP contribution in [0.25, 0.3) is 0 Å². The monoisotopic (exact) mass is 193 g/mol. The van der Waals surface area contributed by atoms with Gasteiger partial charge in [0.25, 0.3) is 0 Å². The summed E-state index contributed by atoms with van der Waals surface area (Å²) in [7, 11) is 1.66. The van der Waals surface area contributed by atoms with Gasteiger partial charge in [0.1, 0.15) is 5.82 Å². The second-order valence-electron chi connectivity index (χ2n) is 3.51. The zero-order valence-corrected chi connectivity index (χ0v) is 8.74. The van der Waals surface area contributed by atoms with E-state index in [2.05, 4.69) is 16.9 Å². The first-order valence-electron chi connectivity index (χ1n) is 4.50. The molecule has 0 unspecified atom stereocenters. The molecular weight excluding hydrogens is 178 g/mol. The Hall–Kier alpha value is -1.58. The van der Waals surface area contributed by atoms with E-state index in [1.807, 2.05) is 13.8 Å². The summed E-state index contributed by atoms with van der Waals surface area (Å²) < 4.78 is 1.42. The van der Waals surface area contributed by atoms with Crippen molar-refractivity contribution in [3.8, 4) is 0 Å². The SMILES string of the molecule is C=C(Nc1ccn(C)c(=O)n1)C(C)C. The highest BCUT2D eigenvalue weighted by Crippen LogP contribution is 2.09. The highest BCUT2D eigenvalue weighted by atomic mass is 16.1. The van der Waals surface area contributed by atoms with Crippen molar-refractivity contribution in [3.63, 3.8) is 0 Å². The van der Waals surface area contributed by atoms with Gasteiger partial charge in [-0.3, -0.25) is 0 Å². The quantitative estimate of drug-likeness (QED) is 0.788. The minimum Gasteiger partial charge on any atom is -0.344 e. The van der Waals surface area contributed by atoms with Gasteiger partial charge in [0.15, 0.2) is 0 Å². The lowest BCUT2D eigenvalue weighted by atomic mass is 10.1. The summed E-state index contributed by atoms with van der Waals surface area (Å²) in [5.41, 5.74) is 0.581. The third kappa shape index (κ3) is 2.45. The maximum absolute atomic E-state index is 11.2. The Labute approximate surface area is 83.3 Å². The van der Waals surface area contributed by atoms with Gasteiger partial charge in [-0.25, -0.2) is 4.79 Å². The molecule has 0 spiro atoms. The van der Waals surface area contributed by atoms with Crippen LogP contribution in [0.3, 0.4) is 0 Å². The molecule has 0 aromatic carbocycles. The average Bonchev–Trinajstić information content (AvgIpc) is 2.11. The Kier molecular flexibility index (Phi) is 3.06. The van der Waals surface area contributed by atoms with E-state index < -0.39 is 0 Å². The van der Waals surface area contributed by atoms with E-state index in [4.69, 9.17) is 0 Å². The molecule has 0 bridgehead atoms. The zero-order valence-electron chi connectivity index (χ0n) is 8.74. The third-order valence-electron chi connectivity index (χ3n) is 1.96. The number of hydrogen-bond acceptors (Lipinski definition) is 3. The van der Waals surface area contributed by atoms with Gasteiger partial charge in [0, 0.05) is 18.9 Å². The molecule has 14 heavy (non-hydrogen) atoms. The van der Waals surface area contributed by atoms with E-state index in [-0.39, 0.29) is 5.69 Å². The fraction of sp³-hybridized carbons (Fsp3) is 0.400. The van der Waals surface area contributed by atoms with Crippen molar-refractivity contribution in [2.24, 2.45) is 13.0 Å². The first kappa shape index (κ1) is 10.5. The zero-order chi connectivity index (χ0) is 10.7. The molecule has 4 nitrogen and oxygen atoms in total. The van der Waals surface area contributed by atoms with E-state index in [1.165, 1.54) is 4.57 Å². The first-order valence-corrected chi connectivity index (χ1v) is 4.50. The number of anilines is 1. The van der Waals surface area contributed by atoms with E-state index in [1.54, 1.807) is 19.3 Å². The lowest BCUT2D eigenvalue weighted by Gasteiger charge is -2.11. The van der Waals surface area contributed by atoms with Gasteiger partial charge in [-0.05, 0) is 12.0 Å². The van der Waals surface area contributed by atoms with Gasteiger partial charge in [-0.1, -0.05) is 20.4 Å². The minimum absolute atomic E-state index is 0.272. The first-order chi connectivity index (χ1) is 6.50. The molecule has 0 aliphatic rings. The van der Waals surface area contributed by atoms with Crippen molar-refractivity contribution in [2.75, 3.05) is 5.32 Å². The fourth-order valence-electron chi connectivity index (χ4n) is 0.844.